The Hall–Kier alpha value is -2.07. The van der Waals surface area contributed by atoms with E-state index in [9.17, 15) is 9.90 Å². The van der Waals surface area contributed by atoms with E-state index in [1.807, 2.05) is 6.92 Å². The van der Waals surface area contributed by atoms with Gasteiger partial charge in [-0.05, 0) is 38.1 Å². The average molecular weight is 287 g/mol. The summed E-state index contributed by atoms with van der Waals surface area (Å²) in [6.45, 7) is 12.0. The van der Waals surface area contributed by atoms with Gasteiger partial charge in [0.05, 0.1) is 0 Å². The molecule has 1 heterocycles. The molecule has 21 heavy (non-hydrogen) atoms. The second-order valence-electron chi connectivity index (χ2n) is 5.44. The van der Waals surface area contributed by atoms with Gasteiger partial charge in [-0.25, -0.2) is 4.79 Å². The zero-order valence-corrected chi connectivity index (χ0v) is 12.8. The molecule has 1 aromatic heterocycles. The molecule has 2 aromatic rings. The summed E-state index contributed by atoms with van der Waals surface area (Å²) in [5.74, 6) is 0.136. The van der Waals surface area contributed by atoms with E-state index < -0.39 is 5.63 Å². The fourth-order valence-electron chi connectivity index (χ4n) is 2.45. The van der Waals surface area contributed by atoms with Gasteiger partial charge in [-0.15, -0.1) is 0 Å². The standard InChI is InChI=1S/C17H21NO3/c1-5-18(9-11(2)3)10-13-8-16(20)21-17-12(4)15(19)7-6-14(13)17/h6-8,19H,2,5,9-10H2,1,3-4H3. The van der Waals surface area contributed by atoms with Crippen LogP contribution in [0.5, 0.6) is 5.75 Å². The monoisotopic (exact) mass is 287 g/mol. The first-order chi connectivity index (χ1) is 9.92. The van der Waals surface area contributed by atoms with Gasteiger partial charge in [0.25, 0.3) is 0 Å². The normalized spacial score (nSPS) is 11.2. The second-order valence-corrected chi connectivity index (χ2v) is 5.44. The van der Waals surface area contributed by atoms with Crippen LogP contribution < -0.4 is 5.63 Å². The molecule has 0 saturated carbocycles. The van der Waals surface area contributed by atoms with Crippen molar-refractivity contribution in [3.05, 3.63) is 51.9 Å². The van der Waals surface area contributed by atoms with Crippen molar-refractivity contribution in [2.75, 3.05) is 13.1 Å². The molecule has 0 fully saturated rings. The number of aryl methyl sites for hydroxylation is 1. The Morgan fingerprint density at radius 2 is 2.14 bits per heavy atom. The molecule has 4 heteroatoms. The molecule has 0 aliphatic rings. The zero-order valence-electron chi connectivity index (χ0n) is 12.8. The quantitative estimate of drug-likeness (QED) is 0.677. The number of phenols is 1. The number of hydrogen-bond donors (Lipinski definition) is 1. The maximum absolute atomic E-state index is 11.8. The molecule has 2 rings (SSSR count). The lowest BCUT2D eigenvalue weighted by Gasteiger charge is -2.21. The molecule has 0 amide bonds. The van der Waals surface area contributed by atoms with E-state index in [0.717, 1.165) is 29.6 Å². The molecule has 4 nitrogen and oxygen atoms in total. The third-order valence-corrected chi connectivity index (χ3v) is 3.55. The van der Waals surface area contributed by atoms with Gasteiger partial charge < -0.3 is 9.52 Å². The maximum Gasteiger partial charge on any atom is 0.336 e. The molecule has 1 aromatic carbocycles. The minimum absolute atomic E-state index is 0.136. The Balaban J connectivity index is 2.51. The third kappa shape index (κ3) is 3.34. The molecule has 112 valence electrons. The van der Waals surface area contributed by atoms with Crippen molar-refractivity contribution in [3.63, 3.8) is 0 Å². The van der Waals surface area contributed by atoms with Crippen LogP contribution in [0.4, 0.5) is 0 Å². The van der Waals surface area contributed by atoms with E-state index in [1.54, 1.807) is 19.1 Å². The summed E-state index contributed by atoms with van der Waals surface area (Å²) in [5, 5.41) is 10.6. The highest BCUT2D eigenvalue weighted by Gasteiger charge is 2.13. The summed E-state index contributed by atoms with van der Waals surface area (Å²) in [6, 6.07) is 4.96. The average Bonchev–Trinajstić information content (AvgIpc) is 2.42. The fourth-order valence-corrected chi connectivity index (χ4v) is 2.45. The van der Waals surface area contributed by atoms with Gasteiger partial charge in [0.1, 0.15) is 11.3 Å². The van der Waals surface area contributed by atoms with Gasteiger partial charge in [0, 0.05) is 30.1 Å². The van der Waals surface area contributed by atoms with E-state index in [-0.39, 0.29) is 5.75 Å². The number of rotatable bonds is 5. The lowest BCUT2D eigenvalue weighted by molar-refractivity contribution is 0.305. The van der Waals surface area contributed by atoms with E-state index in [0.29, 0.717) is 17.7 Å². The first kappa shape index (κ1) is 15.3. The highest BCUT2D eigenvalue weighted by Crippen LogP contribution is 2.27. The minimum atomic E-state index is -0.391. The number of benzene rings is 1. The van der Waals surface area contributed by atoms with Crippen LogP contribution >= 0.6 is 0 Å². The Kier molecular flexibility index (Phi) is 4.48. The molecule has 0 spiro atoms. The van der Waals surface area contributed by atoms with Crippen LogP contribution in [-0.2, 0) is 6.54 Å². The summed E-state index contributed by atoms with van der Waals surface area (Å²) in [5.41, 5.74) is 2.65. The van der Waals surface area contributed by atoms with Gasteiger partial charge >= 0.3 is 5.63 Å². The molecule has 0 aliphatic heterocycles. The van der Waals surface area contributed by atoms with Crippen LogP contribution in [0.15, 0.2) is 39.6 Å². The van der Waals surface area contributed by atoms with E-state index in [2.05, 4.69) is 18.4 Å². The molecule has 1 N–H and O–H groups in total. The largest absolute Gasteiger partial charge is 0.508 e. The summed E-state index contributed by atoms with van der Waals surface area (Å²) in [6.07, 6.45) is 0. The Morgan fingerprint density at radius 3 is 2.76 bits per heavy atom. The lowest BCUT2D eigenvalue weighted by Crippen LogP contribution is -2.25. The second kappa shape index (κ2) is 6.14. The number of phenolic OH excluding ortho intramolecular Hbond substituents is 1. The third-order valence-electron chi connectivity index (χ3n) is 3.55. The number of fused-ring (bicyclic) bond motifs is 1. The van der Waals surface area contributed by atoms with E-state index >= 15 is 0 Å². The maximum atomic E-state index is 11.8. The lowest BCUT2D eigenvalue weighted by atomic mass is 10.1. The number of aromatic hydroxyl groups is 1. The van der Waals surface area contributed by atoms with Gasteiger partial charge in [-0.3, -0.25) is 4.90 Å². The van der Waals surface area contributed by atoms with Crippen molar-refractivity contribution in [1.29, 1.82) is 0 Å². The molecule has 0 aliphatic carbocycles. The SMILES string of the molecule is C=C(C)CN(CC)Cc1cc(=O)oc2c(C)c(O)ccc12. The van der Waals surface area contributed by atoms with E-state index in [4.69, 9.17) is 4.42 Å². The molecule has 0 atom stereocenters. The number of hydrogen-bond acceptors (Lipinski definition) is 4. The zero-order chi connectivity index (χ0) is 15.6. The number of nitrogens with zero attached hydrogens (tertiary/aromatic N) is 1. The Morgan fingerprint density at radius 1 is 1.43 bits per heavy atom. The summed E-state index contributed by atoms with van der Waals surface area (Å²) in [4.78, 5) is 14.0. The van der Waals surface area contributed by atoms with Gasteiger partial charge in [-0.1, -0.05) is 19.1 Å². The molecule has 0 saturated heterocycles. The van der Waals surface area contributed by atoms with Crippen LogP contribution in [0.25, 0.3) is 11.0 Å². The smallest absolute Gasteiger partial charge is 0.336 e. The van der Waals surface area contributed by atoms with Crippen molar-refractivity contribution >= 4 is 11.0 Å². The van der Waals surface area contributed by atoms with Gasteiger partial charge in [0.2, 0.25) is 0 Å². The van der Waals surface area contributed by atoms with E-state index in [1.165, 1.54) is 6.07 Å². The molecule has 0 bridgehead atoms. The highest BCUT2D eigenvalue weighted by atomic mass is 16.4. The molecule has 0 unspecified atom stereocenters. The first-order valence-electron chi connectivity index (χ1n) is 7.04. The highest BCUT2D eigenvalue weighted by molar-refractivity contribution is 5.84. The van der Waals surface area contributed by atoms with Crippen LogP contribution in [-0.4, -0.2) is 23.1 Å². The van der Waals surface area contributed by atoms with Gasteiger partial charge in [0.15, 0.2) is 0 Å². The van der Waals surface area contributed by atoms with Crippen molar-refractivity contribution < 1.29 is 9.52 Å². The molecular formula is C17H21NO3. The Bertz CT molecular complexity index is 731. The van der Waals surface area contributed by atoms with Gasteiger partial charge in [-0.2, -0.15) is 0 Å². The Labute approximate surface area is 124 Å². The predicted octanol–water partition coefficient (Wildman–Crippen LogP) is 3.21. The minimum Gasteiger partial charge on any atom is -0.508 e. The van der Waals surface area contributed by atoms with Crippen molar-refractivity contribution in [3.8, 4) is 5.75 Å². The van der Waals surface area contributed by atoms with Crippen molar-refractivity contribution in [2.45, 2.75) is 27.3 Å². The fraction of sp³-hybridized carbons (Fsp3) is 0.353. The first-order valence-corrected chi connectivity index (χ1v) is 7.04. The van der Waals surface area contributed by atoms with Crippen LogP contribution in [0.3, 0.4) is 0 Å². The van der Waals surface area contributed by atoms with Crippen LogP contribution in [0.2, 0.25) is 0 Å². The summed E-state index contributed by atoms with van der Waals surface area (Å²) in [7, 11) is 0. The van der Waals surface area contributed by atoms with Crippen LogP contribution in [0.1, 0.15) is 25.0 Å². The molecular weight excluding hydrogens is 266 g/mol. The van der Waals surface area contributed by atoms with Crippen molar-refractivity contribution in [2.24, 2.45) is 0 Å². The summed E-state index contributed by atoms with van der Waals surface area (Å²) < 4.78 is 5.26. The van der Waals surface area contributed by atoms with Crippen LogP contribution in [0, 0.1) is 6.92 Å². The predicted molar refractivity (Wildman–Crippen MR) is 84.7 cm³/mol. The topological polar surface area (TPSA) is 53.7 Å². The van der Waals surface area contributed by atoms with Crippen molar-refractivity contribution in [1.82, 2.24) is 4.90 Å². The number of likely N-dealkylation sites (N-methyl/N-ethyl adjacent to an activating group) is 1. The summed E-state index contributed by atoms with van der Waals surface area (Å²) >= 11 is 0. The molecule has 0 radical (unpaired) electrons.